The molecule has 3 aromatic rings. The summed E-state index contributed by atoms with van der Waals surface area (Å²) in [7, 11) is 6.13. The molecule has 35 heavy (non-hydrogen) atoms. The normalized spacial score (nSPS) is 11.8. The Balaban J connectivity index is 1.99. The van der Waals surface area contributed by atoms with E-state index in [4.69, 9.17) is 18.9 Å². The van der Waals surface area contributed by atoms with Crippen LogP contribution in [-0.2, 0) is 25.6 Å². The van der Waals surface area contributed by atoms with Crippen molar-refractivity contribution in [2.75, 3.05) is 54.7 Å². The lowest BCUT2D eigenvalue weighted by Crippen LogP contribution is -2.46. The third-order valence-corrected chi connectivity index (χ3v) is 5.45. The average Bonchev–Trinajstić information content (AvgIpc) is 3.28. The van der Waals surface area contributed by atoms with E-state index < -0.39 is 6.04 Å². The molecule has 0 aliphatic rings. The number of benzene rings is 2. The molecule has 0 aliphatic carbocycles. The van der Waals surface area contributed by atoms with Gasteiger partial charge in [-0.05, 0) is 29.8 Å². The minimum Gasteiger partial charge on any atom is -0.493 e. The van der Waals surface area contributed by atoms with Crippen LogP contribution in [0.1, 0.15) is 11.6 Å². The highest BCUT2D eigenvalue weighted by molar-refractivity contribution is 5.89. The van der Waals surface area contributed by atoms with Crippen molar-refractivity contribution in [2.45, 2.75) is 12.6 Å². The topological polar surface area (TPSA) is 117 Å². The van der Waals surface area contributed by atoms with Crippen molar-refractivity contribution in [2.24, 2.45) is 0 Å². The molecule has 11 heteroatoms. The number of amides is 2. The molecule has 11 nitrogen and oxygen atoms in total. The number of aromatic nitrogens is 3. The molecule has 1 aromatic heterocycles. The quantitative estimate of drug-likeness (QED) is 0.362. The first-order valence-corrected chi connectivity index (χ1v) is 11.1. The molecule has 3 rings (SSSR count). The van der Waals surface area contributed by atoms with Crippen molar-refractivity contribution < 1.29 is 28.5 Å². The molecule has 0 saturated carbocycles. The number of hydrogen-bond acceptors (Lipinski definition) is 8. The number of rotatable bonds is 13. The molecule has 1 heterocycles. The maximum absolute atomic E-state index is 13.6. The van der Waals surface area contributed by atoms with Crippen LogP contribution in [0.15, 0.2) is 42.5 Å². The summed E-state index contributed by atoms with van der Waals surface area (Å²) in [5.41, 5.74) is 1.96. The summed E-state index contributed by atoms with van der Waals surface area (Å²) in [5, 5.41) is 11.1. The number of hydrogen-bond donors (Lipinski definition) is 1. The summed E-state index contributed by atoms with van der Waals surface area (Å²) in [6, 6.07) is 11.5. The highest BCUT2D eigenvalue weighted by Gasteiger charge is 2.32. The van der Waals surface area contributed by atoms with E-state index in [1.165, 1.54) is 30.9 Å². The standard InChI is InChI=1S/C24H31N5O6/c1-32-13-11-25-24(31)23(17-9-10-20(34-3)21(15-17)35-4)28(12-14-33-2)22(30)16-29-19-8-6-5-7-18(19)26-27-29/h5-10,15,23H,11-14,16H2,1-4H3,(H,25,31)/t23-/m0/s1. The fourth-order valence-corrected chi connectivity index (χ4v) is 3.71. The lowest BCUT2D eigenvalue weighted by atomic mass is 10.0. The van der Waals surface area contributed by atoms with E-state index in [9.17, 15) is 9.59 Å². The lowest BCUT2D eigenvalue weighted by molar-refractivity contribution is -0.142. The Morgan fingerprint density at radius 1 is 1.00 bits per heavy atom. The summed E-state index contributed by atoms with van der Waals surface area (Å²) < 4.78 is 22.6. The van der Waals surface area contributed by atoms with Crippen LogP contribution >= 0.6 is 0 Å². The van der Waals surface area contributed by atoms with Crippen molar-refractivity contribution in [3.8, 4) is 11.5 Å². The van der Waals surface area contributed by atoms with Gasteiger partial charge in [0.05, 0.1) is 33.0 Å². The maximum atomic E-state index is 13.6. The third kappa shape index (κ3) is 6.25. The molecule has 2 amide bonds. The van der Waals surface area contributed by atoms with E-state index in [0.717, 1.165) is 5.52 Å². The summed E-state index contributed by atoms with van der Waals surface area (Å²) in [6.45, 7) is 0.942. The Kier molecular flexibility index (Phi) is 9.39. The van der Waals surface area contributed by atoms with Gasteiger partial charge >= 0.3 is 0 Å². The molecule has 1 atom stereocenters. The minimum atomic E-state index is -0.955. The summed E-state index contributed by atoms with van der Waals surface area (Å²) >= 11 is 0. The van der Waals surface area contributed by atoms with Crippen LogP contribution in [0, 0.1) is 0 Å². The maximum Gasteiger partial charge on any atom is 0.247 e. The monoisotopic (exact) mass is 485 g/mol. The second kappa shape index (κ2) is 12.7. The van der Waals surface area contributed by atoms with Crippen LogP contribution in [0.4, 0.5) is 0 Å². The van der Waals surface area contributed by atoms with Crippen molar-refractivity contribution >= 4 is 22.8 Å². The first kappa shape index (κ1) is 25.9. The molecule has 0 radical (unpaired) electrons. The number of para-hydroxylation sites is 1. The van der Waals surface area contributed by atoms with Crippen molar-refractivity contribution in [1.82, 2.24) is 25.2 Å². The van der Waals surface area contributed by atoms with Gasteiger partial charge in [-0.15, -0.1) is 5.10 Å². The number of nitrogens with one attached hydrogen (secondary N) is 1. The number of carbonyl (C=O) groups is 2. The van der Waals surface area contributed by atoms with Gasteiger partial charge < -0.3 is 29.2 Å². The number of methoxy groups -OCH3 is 4. The van der Waals surface area contributed by atoms with Crippen molar-refractivity contribution in [1.29, 1.82) is 0 Å². The van der Waals surface area contributed by atoms with E-state index in [-0.39, 0.29) is 31.5 Å². The van der Waals surface area contributed by atoms with Crippen LogP contribution in [0.25, 0.3) is 11.0 Å². The van der Waals surface area contributed by atoms with Gasteiger partial charge in [0.2, 0.25) is 11.8 Å². The van der Waals surface area contributed by atoms with Crippen LogP contribution in [0.3, 0.4) is 0 Å². The molecule has 0 fully saturated rings. The smallest absolute Gasteiger partial charge is 0.247 e. The van der Waals surface area contributed by atoms with Crippen molar-refractivity contribution in [3.05, 3.63) is 48.0 Å². The van der Waals surface area contributed by atoms with Crippen LogP contribution in [0.5, 0.6) is 11.5 Å². The first-order chi connectivity index (χ1) is 17.0. The number of carbonyl (C=O) groups excluding carboxylic acids is 2. The Morgan fingerprint density at radius 3 is 2.46 bits per heavy atom. The van der Waals surface area contributed by atoms with Gasteiger partial charge in [0.25, 0.3) is 0 Å². The van der Waals surface area contributed by atoms with Crippen molar-refractivity contribution in [3.63, 3.8) is 0 Å². The predicted molar refractivity (Wildman–Crippen MR) is 128 cm³/mol. The highest BCUT2D eigenvalue weighted by atomic mass is 16.5. The summed E-state index contributed by atoms with van der Waals surface area (Å²) in [4.78, 5) is 28.5. The number of ether oxygens (including phenoxy) is 4. The summed E-state index contributed by atoms with van der Waals surface area (Å²) in [5.74, 6) is 0.279. The van der Waals surface area contributed by atoms with Crippen LogP contribution in [0.2, 0.25) is 0 Å². The minimum absolute atomic E-state index is 0.0978. The van der Waals surface area contributed by atoms with Gasteiger partial charge in [-0.25, -0.2) is 4.68 Å². The van der Waals surface area contributed by atoms with Crippen LogP contribution in [-0.4, -0.2) is 86.5 Å². The first-order valence-electron chi connectivity index (χ1n) is 11.1. The van der Waals surface area contributed by atoms with E-state index in [1.54, 1.807) is 25.3 Å². The molecule has 188 valence electrons. The Hall–Kier alpha value is -3.70. The predicted octanol–water partition coefficient (Wildman–Crippen LogP) is 1.43. The summed E-state index contributed by atoms with van der Waals surface area (Å²) in [6.07, 6.45) is 0. The van der Waals surface area contributed by atoms with Gasteiger partial charge in [-0.1, -0.05) is 23.4 Å². The zero-order valence-electron chi connectivity index (χ0n) is 20.4. The van der Waals surface area contributed by atoms with E-state index in [1.807, 2.05) is 24.3 Å². The Labute approximate surface area is 203 Å². The van der Waals surface area contributed by atoms with Gasteiger partial charge in [0.15, 0.2) is 11.5 Å². The highest BCUT2D eigenvalue weighted by Crippen LogP contribution is 2.32. The molecule has 0 aliphatic heterocycles. The van der Waals surface area contributed by atoms with E-state index >= 15 is 0 Å². The molecular weight excluding hydrogens is 454 g/mol. The zero-order chi connectivity index (χ0) is 25.2. The molecule has 0 unspecified atom stereocenters. The molecule has 1 N–H and O–H groups in total. The fourth-order valence-electron chi connectivity index (χ4n) is 3.71. The molecular formula is C24H31N5O6. The van der Waals surface area contributed by atoms with Crippen LogP contribution < -0.4 is 14.8 Å². The third-order valence-electron chi connectivity index (χ3n) is 5.45. The van der Waals surface area contributed by atoms with Gasteiger partial charge in [-0.3, -0.25) is 9.59 Å². The lowest BCUT2D eigenvalue weighted by Gasteiger charge is -2.31. The SMILES string of the molecule is COCCNC(=O)[C@H](c1ccc(OC)c(OC)c1)N(CCOC)C(=O)Cn1nnc2ccccc21. The zero-order valence-corrected chi connectivity index (χ0v) is 20.4. The van der Waals surface area contributed by atoms with Gasteiger partial charge in [0, 0.05) is 27.3 Å². The second-order valence-electron chi connectivity index (χ2n) is 7.62. The molecule has 2 aromatic carbocycles. The van der Waals surface area contributed by atoms with Gasteiger partial charge in [0.1, 0.15) is 18.1 Å². The largest absolute Gasteiger partial charge is 0.493 e. The molecule has 0 bridgehead atoms. The number of fused-ring (bicyclic) bond motifs is 1. The number of nitrogens with zero attached hydrogens (tertiary/aromatic N) is 4. The van der Waals surface area contributed by atoms with E-state index in [2.05, 4.69) is 15.6 Å². The Morgan fingerprint density at radius 2 is 1.74 bits per heavy atom. The van der Waals surface area contributed by atoms with E-state index in [0.29, 0.717) is 35.7 Å². The molecule has 0 saturated heterocycles. The average molecular weight is 486 g/mol. The molecule has 0 spiro atoms. The van der Waals surface area contributed by atoms with Gasteiger partial charge in [-0.2, -0.15) is 0 Å². The Bertz CT molecular complexity index is 1130. The second-order valence-corrected chi connectivity index (χ2v) is 7.62. The fraction of sp³-hybridized carbons (Fsp3) is 0.417.